The van der Waals surface area contributed by atoms with Gasteiger partial charge in [0.2, 0.25) is 0 Å². The molecule has 16 heavy (non-hydrogen) atoms. The summed E-state index contributed by atoms with van der Waals surface area (Å²) in [7, 11) is -1.09. The largest absolute Gasteiger partial charge is 0.493 e. The molecular formula is C11H18BNO3. The van der Waals surface area contributed by atoms with Crippen molar-refractivity contribution >= 4 is 12.6 Å². The minimum Gasteiger partial charge on any atom is -0.423 e. The van der Waals surface area contributed by atoms with Crippen molar-refractivity contribution in [2.45, 2.75) is 38.9 Å². The van der Waals surface area contributed by atoms with Gasteiger partial charge in [0.25, 0.3) is 0 Å². The number of rotatable bonds is 4. The van der Waals surface area contributed by atoms with Crippen molar-refractivity contribution in [2.24, 2.45) is 0 Å². The van der Waals surface area contributed by atoms with Gasteiger partial charge in [-0.15, -0.1) is 0 Å². The van der Waals surface area contributed by atoms with E-state index in [1.165, 1.54) is 6.20 Å². The number of hydrogen-bond acceptors (Lipinski definition) is 4. The zero-order valence-corrected chi connectivity index (χ0v) is 10.1. The molecule has 2 N–H and O–H groups in total. The first kappa shape index (κ1) is 13.2. The molecule has 0 saturated carbocycles. The van der Waals surface area contributed by atoms with Gasteiger partial charge in [0.15, 0.2) is 0 Å². The monoisotopic (exact) mass is 223 g/mol. The highest BCUT2D eigenvalue weighted by atomic mass is 16.5. The van der Waals surface area contributed by atoms with E-state index in [1.807, 2.05) is 0 Å². The summed E-state index contributed by atoms with van der Waals surface area (Å²) in [6, 6.07) is 3.44. The predicted molar refractivity (Wildman–Crippen MR) is 63.3 cm³/mol. The van der Waals surface area contributed by atoms with Crippen molar-refractivity contribution in [1.82, 2.24) is 4.98 Å². The van der Waals surface area contributed by atoms with E-state index in [2.05, 4.69) is 4.98 Å². The first-order valence-corrected chi connectivity index (χ1v) is 5.22. The van der Waals surface area contributed by atoms with Crippen LogP contribution < -0.4 is 5.46 Å². The van der Waals surface area contributed by atoms with Crippen LogP contribution in [0, 0.1) is 0 Å². The van der Waals surface area contributed by atoms with Crippen LogP contribution in [0.15, 0.2) is 24.5 Å². The number of nitrogens with zero attached hydrogens (tertiary/aromatic N) is 1. The molecule has 0 atom stereocenters. The first-order valence-electron chi connectivity index (χ1n) is 5.22. The molecule has 0 amide bonds. The van der Waals surface area contributed by atoms with Gasteiger partial charge in [-0.2, -0.15) is 0 Å². The normalized spacial score (nSPS) is 12.6. The van der Waals surface area contributed by atoms with Crippen molar-refractivity contribution in [3.63, 3.8) is 0 Å². The molecule has 0 aliphatic heterocycles. The van der Waals surface area contributed by atoms with Crippen LogP contribution in [0.2, 0.25) is 0 Å². The lowest BCUT2D eigenvalue weighted by Gasteiger charge is -2.38. The van der Waals surface area contributed by atoms with Gasteiger partial charge < -0.3 is 14.8 Å². The molecule has 0 aliphatic rings. The molecule has 5 heteroatoms. The Kier molecular flexibility index (Phi) is 3.73. The fraction of sp³-hybridized carbons (Fsp3) is 0.545. The predicted octanol–water partition coefficient (Wildman–Crippen LogP) is 0.335. The lowest BCUT2D eigenvalue weighted by atomic mass is 9.77. The van der Waals surface area contributed by atoms with E-state index < -0.39 is 18.3 Å². The summed E-state index contributed by atoms with van der Waals surface area (Å²) in [4.78, 5) is 3.90. The van der Waals surface area contributed by atoms with Crippen LogP contribution in [0.25, 0.3) is 0 Å². The summed E-state index contributed by atoms with van der Waals surface area (Å²) in [6.45, 7) is 6.74. The van der Waals surface area contributed by atoms with E-state index >= 15 is 0 Å². The van der Waals surface area contributed by atoms with Crippen LogP contribution in [0.5, 0.6) is 0 Å². The third-order valence-corrected chi connectivity index (χ3v) is 2.85. The SMILES string of the molecule is CC(C)(O)C(C)(C)OB(O)c1cccnc1. The Morgan fingerprint density at radius 1 is 1.31 bits per heavy atom. The maximum Gasteiger partial charge on any atom is 0.493 e. The van der Waals surface area contributed by atoms with Crippen LogP contribution in [0.4, 0.5) is 0 Å². The van der Waals surface area contributed by atoms with Gasteiger partial charge in [0, 0.05) is 17.9 Å². The van der Waals surface area contributed by atoms with E-state index in [1.54, 1.807) is 46.0 Å². The van der Waals surface area contributed by atoms with Gasteiger partial charge in [-0.3, -0.25) is 4.98 Å². The number of pyridine rings is 1. The average Bonchev–Trinajstić information content (AvgIpc) is 2.16. The highest BCUT2D eigenvalue weighted by molar-refractivity contribution is 6.59. The fourth-order valence-electron chi connectivity index (χ4n) is 1.01. The summed E-state index contributed by atoms with van der Waals surface area (Å²) in [6.07, 6.45) is 3.16. The molecule has 0 bridgehead atoms. The Balaban J connectivity index is 2.76. The molecule has 0 fully saturated rings. The second-order valence-electron chi connectivity index (χ2n) is 4.83. The van der Waals surface area contributed by atoms with Crippen molar-refractivity contribution in [3.8, 4) is 0 Å². The molecule has 0 unspecified atom stereocenters. The van der Waals surface area contributed by atoms with Crippen LogP contribution in [0.3, 0.4) is 0 Å². The Morgan fingerprint density at radius 2 is 1.94 bits per heavy atom. The van der Waals surface area contributed by atoms with Crippen LogP contribution in [-0.2, 0) is 4.65 Å². The Labute approximate surface area is 96.4 Å². The second kappa shape index (κ2) is 4.53. The third-order valence-electron chi connectivity index (χ3n) is 2.85. The summed E-state index contributed by atoms with van der Waals surface area (Å²) in [5, 5.41) is 19.7. The minimum absolute atomic E-state index is 0.569. The number of aromatic nitrogens is 1. The standard InChI is InChI=1S/C11H18BNO3/c1-10(2,14)11(3,4)16-12(15)9-6-5-7-13-8-9/h5-8,14-15H,1-4H3. The lowest BCUT2D eigenvalue weighted by molar-refractivity contribution is -0.0982. The smallest absolute Gasteiger partial charge is 0.423 e. The molecule has 0 radical (unpaired) electrons. The summed E-state index contributed by atoms with van der Waals surface area (Å²) >= 11 is 0. The van der Waals surface area contributed by atoms with Crippen LogP contribution in [0.1, 0.15) is 27.7 Å². The topological polar surface area (TPSA) is 62.6 Å². The maximum absolute atomic E-state index is 9.89. The first-order chi connectivity index (χ1) is 7.24. The van der Waals surface area contributed by atoms with Gasteiger partial charge >= 0.3 is 7.12 Å². The highest BCUT2D eigenvalue weighted by Crippen LogP contribution is 2.25. The van der Waals surface area contributed by atoms with Gasteiger partial charge in [0.05, 0.1) is 11.2 Å². The third kappa shape index (κ3) is 3.04. The molecule has 4 nitrogen and oxygen atoms in total. The molecular weight excluding hydrogens is 205 g/mol. The van der Waals surface area contributed by atoms with E-state index in [9.17, 15) is 10.1 Å². The molecule has 1 heterocycles. The number of hydrogen-bond donors (Lipinski definition) is 2. The van der Waals surface area contributed by atoms with Gasteiger partial charge in [-0.1, -0.05) is 6.07 Å². The molecule has 1 aromatic heterocycles. The van der Waals surface area contributed by atoms with Crippen molar-refractivity contribution in [1.29, 1.82) is 0 Å². The molecule has 88 valence electrons. The maximum atomic E-state index is 9.89. The molecule has 0 aliphatic carbocycles. The number of aliphatic hydroxyl groups is 1. The zero-order valence-electron chi connectivity index (χ0n) is 10.1. The van der Waals surface area contributed by atoms with E-state index in [0.717, 1.165) is 0 Å². The van der Waals surface area contributed by atoms with E-state index in [4.69, 9.17) is 4.65 Å². The van der Waals surface area contributed by atoms with E-state index in [-0.39, 0.29) is 0 Å². The van der Waals surface area contributed by atoms with Crippen LogP contribution in [-0.4, -0.2) is 33.4 Å². The summed E-state index contributed by atoms with van der Waals surface area (Å²) < 4.78 is 5.45. The molecule has 1 rings (SSSR count). The summed E-state index contributed by atoms with van der Waals surface area (Å²) in [5.41, 5.74) is -1.34. The second-order valence-corrected chi connectivity index (χ2v) is 4.83. The van der Waals surface area contributed by atoms with Crippen LogP contribution >= 0.6 is 0 Å². The summed E-state index contributed by atoms with van der Waals surface area (Å²) in [5.74, 6) is 0. The lowest BCUT2D eigenvalue weighted by Crippen LogP contribution is -2.53. The Bertz CT molecular complexity index is 335. The minimum atomic E-state index is -1.09. The van der Waals surface area contributed by atoms with E-state index in [0.29, 0.717) is 5.46 Å². The fourth-order valence-corrected chi connectivity index (χ4v) is 1.01. The van der Waals surface area contributed by atoms with Gasteiger partial charge in [-0.05, 0) is 33.8 Å². The van der Waals surface area contributed by atoms with Gasteiger partial charge in [-0.25, -0.2) is 0 Å². The molecule has 0 saturated heterocycles. The van der Waals surface area contributed by atoms with Crippen molar-refractivity contribution in [2.75, 3.05) is 0 Å². The van der Waals surface area contributed by atoms with Crippen molar-refractivity contribution in [3.05, 3.63) is 24.5 Å². The average molecular weight is 223 g/mol. The molecule has 0 spiro atoms. The van der Waals surface area contributed by atoms with Crippen molar-refractivity contribution < 1.29 is 14.8 Å². The quantitative estimate of drug-likeness (QED) is 0.722. The molecule has 0 aromatic carbocycles. The van der Waals surface area contributed by atoms with Gasteiger partial charge in [0.1, 0.15) is 0 Å². The Hall–Kier alpha value is -0.905. The molecule has 1 aromatic rings. The Morgan fingerprint density at radius 3 is 2.38 bits per heavy atom. The zero-order chi connectivity index (χ0) is 12.4. The highest BCUT2D eigenvalue weighted by Gasteiger charge is 2.39.